The van der Waals surface area contributed by atoms with Crippen LogP contribution in [-0.4, -0.2) is 17.8 Å². The van der Waals surface area contributed by atoms with Crippen LogP contribution in [0.15, 0.2) is 28.7 Å². The summed E-state index contributed by atoms with van der Waals surface area (Å²) >= 11 is 6.55. The number of carbonyl (C=O) groups is 1. The van der Waals surface area contributed by atoms with Crippen LogP contribution in [0.2, 0.25) is 0 Å². The van der Waals surface area contributed by atoms with Crippen molar-refractivity contribution in [1.29, 1.82) is 0 Å². The van der Waals surface area contributed by atoms with Crippen molar-refractivity contribution in [2.75, 3.05) is 11.9 Å². The highest BCUT2D eigenvalue weighted by Gasteiger charge is 2.03. The van der Waals surface area contributed by atoms with Crippen molar-refractivity contribution in [1.82, 2.24) is 5.32 Å². The smallest absolute Gasteiger partial charge is 0.251 e. The van der Waals surface area contributed by atoms with E-state index >= 15 is 0 Å². The van der Waals surface area contributed by atoms with E-state index in [0.29, 0.717) is 12.1 Å². The molecule has 1 aromatic carbocycles. The lowest BCUT2D eigenvalue weighted by atomic mass is 10.2. The second-order valence-corrected chi connectivity index (χ2v) is 4.16. The summed E-state index contributed by atoms with van der Waals surface area (Å²) in [4.78, 5) is 11.4. The highest BCUT2D eigenvalue weighted by Crippen LogP contribution is 2.11. The minimum Gasteiger partial charge on any atom is -0.351 e. The summed E-state index contributed by atoms with van der Waals surface area (Å²) in [5.74, 6) is -0.0410. The van der Waals surface area contributed by atoms with Crippen molar-refractivity contribution in [2.24, 2.45) is 0 Å². The van der Waals surface area contributed by atoms with Crippen LogP contribution >= 0.6 is 31.9 Å². The molecule has 13 heavy (non-hydrogen) atoms. The van der Waals surface area contributed by atoms with Crippen LogP contribution in [0.25, 0.3) is 0 Å². The second-order valence-electron chi connectivity index (χ2n) is 2.46. The van der Waals surface area contributed by atoms with Crippen LogP contribution in [0.1, 0.15) is 10.4 Å². The zero-order chi connectivity index (χ0) is 9.68. The summed E-state index contributed by atoms with van der Waals surface area (Å²) in [6.45, 7) is 0.644. The Labute approximate surface area is 94.0 Å². The summed E-state index contributed by atoms with van der Waals surface area (Å²) in [5.41, 5.74) is 0.676. The Morgan fingerprint density at radius 1 is 1.46 bits per heavy atom. The van der Waals surface area contributed by atoms with Crippen molar-refractivity contribution in [3.05, 3.63) is 34.3 Å². The Morgan fingerprint density at radius 3 is 2.85 bits per heavy atom. The van der Waals surface area contributed by atoms with Gasteiger partial charge in [-0.15, -0.1) is 0 Å². The van der Waals surface area contributed by atoms with Gasteiger partial charge in [0.2, 0.25) is 0 Å². The minimum absolute atomic E-state index is 0.0410. The molecule has 70 valence electrons. The first-order chi connectivity index (χ1) is 6.24. The number of nitrogens with one attached hydrogen (secondary N) is 1. The Morgan fingerprint density at radius 2 is 2.23 bits per heavy atom. The summed E-state index contributed by atoms with van der Waals surface area (Å²) < 4.78 is 0.916. The van der Waals surface area contributed by atoms with Crippen molar-refractivity contribution in [3.63, 3.8) is 0 Å². The Bertz CT molecular complexity index is 301. The molecule has 0 heterocycles. The van der Waals surface area contributed by atoms with Gasteiger partial charge in [-0.1, -0.05) is 37.9 Å². The summed E-state index contributed by atoms with van der Waals surface area (Å²) in [7, 11) is 0. The Hall–Kier alpha value is -0.350. The molecule has 4 heteroatoms. The monoisotopic (exact) mass is 305 g/mol. The number of hydrogen-bond donors (Lipinski definition) is 1. The Balaban J connectivity index is 2.66. The standard InChI is InChI=1S/C9H9Br2NO/c10-4-5-12-9(13)7-2-1-3-8(11)6-7/h1-3,6H,4-5H2,(H,12,13). The molecule has 0 spiro atoms. The fourth-order valence-corrected chi connectivity index (χ4v) is 1.49. The van der Waals surface area contributed by atoms with Crippen molar-refractivity contribution in [3.8, 4) is 0 Å². The maximum atomic E-state index is 11.4. The van der Waals surface area contributed by atoms with Crippen LogP contribution < -0.4 is 5.32 Å². The summed E-state index contributed by atoms with van der Waals surface area (Å²) in [6.07, 6.45) is 0. The van der Waals surface area contributed by atoms with Gasteiger partial charge in [-0.3, -0.25) is 4.79 Å². The van der Waals surface area contributed by atoms with Crippen LogP contribution in [0.5, 0.6) is 0 Å². The maximum Gasteiger partial charge on any atom is 0.251 e. The van der Waals surface area contributed by atoms with E-state index in [0.717, 1.165) is 9.80 Å². The van der Waals surface area contributed by atoms with Gasteiger partial charge in [-0.05, 0) is 18.2 Å². The fourth-order valence-electron chi connectivity index (χ4n) is 0.893. The van der Waals surface area contributed by atoms with Gasteiger partial charge >= 0.3 is 0 Å². The lowest BCUT2D eigenvalue weighted by molar-refractivity contribution is 0.0956. The van der Waals surface area contributed by atoms with E-state index in [-0.39, 0.29) is 5.91 Å². The molecule has 0 saturated heterocycles. The summed E-state index contributed by atoms with van der Waals surface area (Å²) in [5, 5.41) is 3.54. The van der Waals surface area contributed by atoms with Gasteiger partial charge in [-0.25, -0.2) is 0 Å². The molecule has 1 N–H and O–H groups in total. The van der Waals surface area contributed by atoms with E-state index in [9.17, 15) is 4.79 Å². The SMILES string of the molecule is O=C(NCCBr)c1cccc(Br)c1. The van der Waals surface area contributed by atoms with Gasteiger partial charge in [0.05, 0.1) is 0 Å². The van der Waals surface area contributed by atoms with Crippen molar-refractivity contribution >= 4 is 37.8 Å². The minimum atomic E-state index is -0.0410. The van der Waals surface area contributed by atoms with Crippen LogP contribution in [0.4, 0.5) is 0 Å². The zero-order valence-electron chi connectivity index (χ0n) is 6.89. The van der Waals surface area contributed by atoms with Crippen LogP contribution in [-0.2, 0) is 0 Å². The maximum absolute atomic E-state index is 11.4. The van der Waals surface area contributed by atoms with E-state index in [1.165, 1.54) is 0 Å². The third-order valence-corrected chi connectivity index (χ3v) is 2.36. The molecule has 0 aliphatic carbocycles. The molecule has 0 bridgehead atoms. The second kappa shape index (κ2) is 5.40. The van der Waals surface area contributed by atoms with Crippen molar-refractivity contribution in [2.45, 2.75) is 0 Å². The number of rotatable bonds is 3. The third kappa shape index (κ3) is 3.48. The molecule has 2 nitrogen and oxygen atoms in total. The fraction of sp³-hybridized carbons (Fsp3) is 0.222. The number of benzene rings is 1. The first kappa shape index (κ1) is 10.7. The molecule has 1 aromatic rings. The highest BCUT2D eigenvalue weighted by atomic mass is 79.9. The van der Waals surface area contributed by atoms with Crippen LogP contribution in [0.3, 0.4) is 0 Å². The molecule has 0 unspecified atom stereocenters. The Kier molecular flexibility index (Phi) is 4.45. The highest BCUT2D eigenvalue weighted by molar-refractivity contribution is 9.10. The van der Waals surface area contributed by atoms with Crippen LogP contribution in [0, 0.1) is 0 Å². The predicted molar refractivity (Wildman–Crippen MR) is 60.3 cm³/mol. The molecule has 0 aromatic heterocycles. The number of alkyl halides is 1. The normalized spacial score (nSPS) is 9.69. The van der Waals surface area contributed by atoms with Crippen molar-refractivity contribution < 1.29 is 4.79 Å². The molecular formula is C9H9Br2NO. The molecule has 1 amide bonds. The number of halogens is 2. The largest absolute Gasteiger partial charge is 0.351 e. The molecule has 0 aliphatic heterocycles. The van der Waals surface area contributed by atoms with E-state index in [2.05, 4.69) is 37.2 Å². The van der Waals surface area contributed by atoms with E-state index in [4.69, 9.17) is 0 Å². The number of carbonyl (C=O) groups excluding carboxylic acids is 1. The molecule has 0 saturated carbocycles. The quantitative estimate of drug-likeness (QED) is 0.855. The number of amides is 1. The molecular weight excluding hydrogens is 298 g/mol. The van der Waals surface area contributed by atoms with E-state index in [1.807, 2.05) is 12.1 Å². The van der Waals surface area contributed by atoms with Gasteiger partial charge < -0.3 is 5.32 Å². The van der Waals surface area contributed by atoms with E-state index < -0.39 is 0 Å². The van der Waals surface area contributed by atoms with Gasteiger partial charge in [0.15, 0.2) is 0 Å². The predicted octanol–water partition coefficient (Wildman–Crippen LogP) is 2.57. The van der Waals surface area contributed by atoms with E-state index in [1.54, 1.807) is 12.1 Å². The van der Waals surface area contributed by atoms with Gasteiger partial charge in [0.25, 0.3) is 5.91 Å². The summed E-state index contributed by atoms with van der Waals surface area (Å²) in [6, 6.07) is 7.31. The zero-order valence-corrected chi connectivity index (χ0v) is 10.1. The van der Waals surface area contributed by atoms with Gasteiger partial charge in [-0.2, -0.15) is 0 Å². The van der Waals surface area contributed by atoms with Gasteiger partial charge in [0, 0.05) is 21.9 Å². The topological polar surface area (TPSA) is 29.1 Å². The first-order valence-electron chi connectivity index (χ1n) is 3.84. The lowest BCUT2D eigenvalue weighted by Crippen LogP contribution is -2.24. The molecule has 1 rings (SSSR count). The molecule has 0 radical (unpaired) electrons. The molecule has 0 aliphatic rings. The molecule has 0 fully saturated rings. The average molecular weight is 307 g/mol. The lowest BCUT2D eigenvalue weighted by Gasteiger charge is -2.02. The third-order valence-electron chi connectivity index (χ3n) is 1.47. The van der Waals surface area contributed by atoms with Gasteiger partial charge in [0.1, 0.15) is 0 Å². The average Bonchev–Trinajstić information content (AvgIpc) is 2.14. The first-order valence-corrected chi connectivity index (χ1v) is 5.75. The number of hydrogen-bond acceptors (Lipinski definition) is 1. The molecule has 0 atom stereocenters.